The van der Waals surface area contributed by atoms with Gasteiger partial charge in [0.2, 0.25) is 0 Å². The molecule has 0 aromatic heterocycles. The molecule has 23 heavy (non-hydrogen) atoms. The van der Waals surface area contributed by atoms with Crippen LogP contribution >= 0.6 is 0 Å². The maximum Gasteiger partial charge on any atom is 0.301 e. The van der Waals surface area contributed by atoms with Crippen LogP contribution in [0.2, 0.25) is 0 Å². The highest BCUT2D eigenvalue weighted by atomic mass is 16.6. The van der Waals surface area contributed by atoms with Gasteiger partial charge in [0.15, 0.2) is 0 Å². The Balaban J connectivity index is 1.90. The number of hydrogen-bond donors (Lipinski definition) is 1. The molecular weight excluding hydrogens is 300 g/mol. The molecule has 1 aromatic rings. The summed E-state index contributed by atoms with van der Waals surface area (Å²) in [6.07, 6.45) is 3.43. The monoisotopic (exact) mass is 318 g/mol. The minimum atomic E-state index is -0.651. The minimum absolute atomic E-state index is 0.00846. The van der Waals surface area contributed by atoms with E-state index in [1.54, 1.807) is 0 Å². The summed E-state index contributed by atoms with van der Waals surface area (Å²) in [4.78, 5) is 20.6. The Hall–Kier alpha value is -2.51. The van der Waals surface area contributed by atoms with Gasteiger partial charge in [-0.05, 0) is 37.2 Å². The van der Waals surface area contributed by atoms with Crippen LogP contribution in [0.3, 0.4) is 0 Å². The number of nitrogens with one attached hydrogen (secondary N) is 1. The van der Waals surface area contributed by atoms with Crippen molar-refractivity contribution in [2.24, 2.45) is 22.4 Å². The lowest BCUT2D eigenvalue weighted by Gasteiger charge is -2.31. The van der Waals surface area contributed by atoms with E-state index in [2.05, 4.69) is 24.4 Å². The summed E-state index contributed by atoms with van der Waals surface area (Å²) >= 11 is 0. The van der Waals surface area contributed by atoms with E-state index in [0.29, 0.717) is 11.8 Å². The van der Waals surface area contributed by atoms with Gasteiger partial charge in [0.1, 0.15) is 5.69 Å². The van der Waals surface area contributed by atoms with Gasteiger partial charge in [0, 0.05) is 17.2 Å². The number of fused-ring (bicyclic) bond motifs is 2. The lowest BCUT2D eigenvalue weighted by Crippen LogP contribution is -2.31. The standard InChI is InChI=1S/C15H18N4O4/c1-15(2)10-4-3-9(7-10)14(15)17-16-12-6-5-11(18(20)21)8-13(12)19(22)23/h5-6,8-10,16H,3-4,7H2,1-2H3/b17-14+. The topological polar surface area (TPSA) is 111 Å². The van der Waals surface area contributed by atoms with Crippen LogP contribution in [-0.2, 0) is 0 Å². The third-order valence-corrected chi connectivity index (χ3v) is 5.19. The maximum atomic E-state index is 11.1. The number of hydrazone groups is 1. The SMILES string of the molecule is CC1(C)/C(=N/Nc2ccc([N+](=O)[O-])cc2[N+](=O)[O-])C2CCC1C2. The van der Waals surface area contributed by atoms with Crippen LogP contribution < -0.4 is 5.43 Å². The van der Waals surface area contributed by atoms with Crippen molar-refractivity contribution in [2.45, 2.75) is 33.1 Å². The molecule has 8 heteroatoms. The van der Waals surface area contributed by atoms with Crippen LogP contribution in [0.15, 0.2) is 23.3 Å². The predicted molar refractivity (Wildman–Crippen MR) is 85.4 cm³/mol. The molecule has 122 valence electrons. The summed E-state index contributed by atoms with van der Waals surface area (Å²) in [5.74, 6) is 1.04. The highest BCUT2D eigenvalue weighted by molar-refractivity contribution is 5.95. The first-order valence-electron chi connectivity index (χ1n) is 7.57. The molecule has 2 atom stereocenters. The van der Waals surface area contributed by atoms with Crippen molar-refractivity contribution >= 4 is 22.8 Å². The molecule has 0 saturated heterocycles. The molecule has 0 spiro atoms. The summed E-state index contributed by atoms with van der Waals surface area (Å²) in [6.45, 7) is 4.31. The van der Waals surface area contributed by atoms with E-state index >= 15 is 0 Å². The fraction of sp³-hybridized carbons (Fsp3) is 0.533. The second-order valence-electron chi connectivity index (χ2n) is 6.75. The summed E-state index contributed by atoms with van der Waals surface area (Å²) in [5.41, 5.74) is 3.32. The molecule has 2 aliphatic carbocycles. The minimum Gasteiger partial charge on any atom is -0.272 e. The van der Waals surface area contributed by atoms with Crippen LogP contribution in [0.4, 0.5) is 17.1 Å². The number of non-ortho nitro benzene ring substituents is 1. The largest absolute Gasteiger partial charge is 0.301 e. The summed E-state index contributed by atoms with van der Waals surface area (Å²) < 4.78 is 0. The van der Waals surface area contributed by atoms with Gasteiger partial charge < -0.3 is 0 Å². The van der Waals surface area contributed by atoms with Crippen LogP contribution in [-0.4, -0.2) is 15.6 Å². The van der Waals surface area contributed by atoms with Crippen molar-refractivity contribution in [3.63, 3.8) is 0 Å². The molecule has 1 aromatic carbocycles. The van der Waals surface area contributed by atoms with E-state index in [-0.39, 0.29) is 22.5 Å². The van der Waals surface area contributed by atoms with E-state index in [1.807, 2.05) is 0 Å². The van der Waals surface area contributed by atoms with Gasteiger partial charge in [-0.1, -0.05) is 13.8 Å². The number of hydrogen-bond acceptors (Lipinski definition) is 6. The highest BCUT2D eigenvalue weighted by Gasteiger charge is 2.50. The van der Waals surface area contributed by atoms with Crippen molar-refractivity contribution < 1.29 is 9.85 Å². The zero-order chi connectivity index (χ0) is 16.8. The molecule has 0 aliphatic heterocycles. The molecule has 1 N–H and O–H groups in total. The van der Waals surface area contributed by atoms with Crippen LogP contribution in [0.5, 0.6) is 0 Å². The van der Waals surface area contributed by atoms with E-state index in [1.165, 1.54) is 18.6 Å². The van der Waals surface area contributed by atoms with E-state index in [4.69, 9.17) is 0 Å². The van der Waals surface area contributed by atoms with Crippen LogP contribution in [0, 0.1) is 37.5 Å². The zero-order valence-electron chi connectivity index (χ0n) is 13.0. The van der Waals surface area contributed by atoms with Gasteiger partial charge in [0.25, 0.3) is 5.69 Å². The fourth-order valence-corrected chi connectivity index (χ4v) is 3.86. The first kappa shape index (κ1) is 15.4. The number of nitrogens with zero attached hydrogens (tertiary/aromatic N) is 3. The third kappa shape index (κ3) is 2.54. The van der Waals surface area contributed by atoms with Gasteiger partial charge in [-0.3, -0.25) is 25.7 Å². The van der Waals surface area contributed by atoms with Gasteiger partial charge in [0.05, 0.1) is 15.9 Å². The molecule has 2 aliphatic rings. The van der Waals surface area contributed by atoms with Crippen molar-refractivity contribution in [1.82, 2.24) is 0 Å². The second kappa shape index (κ2) is 5.29. The smallest absolute Gasteiger partial charge is 0.272 e. The molecule has 8 nitrogen and oxygen atoms in total. The van der Waals surface area contributed by atoms with Crippen molar-refractivity contribution in [3.05, 3.63) is 38.4 Å². The first-order chi connectivity index (χ1) is 10.8. The third-order valence-electron chi connectivity index (χ3n) is 5.19. The molecule has 2 bridgehead atoms. The Bertz CT molecular complexity index is 713. The molecule has 0 radical (unpaired) electrons. The van der Waals surface area contributed by atoms with Crippen LogP contribution in [0.1, 0.15) is 33.1 Å². The molecule has 2 unspecified atom stereocenters. The number of rotatable bonds is 4. The summed E-state index contributed by atoms with van der Waals surface area (Å²) in [7, 11) is 0. The molecule has 0 amide bonds. The normalized spacial score (nSPS) is 26.4. The van der Waals surface area contributed by atoms with Gasteiger partial charge in [-0.15, -0.1) is 0 Å². The maximum absolute atomic E-state index is 11.1. The number of nitro benzene ring substituents is 2. The lowest BCUT2D eigenvalue weighted by atomic mass is 9.75. The lowest BCUT2D eigenvalue weighted by molar-refractivity contribution is -0.393. The molecule has 0 heterocycles. The van der Waals surface area contributed by atoms with Crippen molar-refractivity contribution in [1.29, 1.82) is 0 Å². The Morgan fingerprint density at radius 1 is 1.22 bits per heavy atom. The van der Waals surface area contributed by atoms with E-state index in [9.17, 15) is 20.2 Å². The zero-order valence-corrected chi connectivity index (χ0v) is 13.0. The quantitative estimate of drug-likeness (QED) is 0.671. The number of nitro groups is 2. The van der Waals surface area contributed by atoms with E-state index < -0.39 is 9.85 Å². The summed E-state index contributed by atoms with van der Waals surface area (Å²) in [6, 6.07) is 3.52. The second-order valence-corrected chi connectivity index (χ2v) is 6.75. The van der Waals surface area contributed by atoms with Crippen LogP contribution in [0.25, 0.3) is 0 Å². The average Bonchev–Trinajstić information content (AvgIpc) is 3.04. The molecule has 2 saturated carbocycles. The van der Waals surface area contributed by atoms with Gasteiger partial charge >= 0.3 is 5.69 Å². The predicted octanol–water partition coefficient (Wildman–Crippen LogP) is 3.73. The van der Waals surface area contributed by atoms with Gasteiger partial charge in [-0.25, -0.2) is 0 Å². The number of benzene rings is 1. The van der Waals surface area contributed by atoms with Crippen molar-refractivity contribution in [2.75, 3.05) is 5.43 Å². The summed E-state index contributed by atoms with van der Waals surface area (Å²) in [5, 5.41) is 26.3. The Morgan fingerprint density at radius 2 is 1.96 bits per heavy atom. The Morgan fingerprint density at radius 3 is 2.52 bits per heavy atom. The molecule has 3 rings (SSSR count). The van der Waals surface area contributed by atoms with Gasteiger partial charge in [-0.2, -0.15) is 5.10 Å². The highest BCUT2D eigenvalue weighted by Crippen LogP contribution is 2.53. The first-order valence-corrected chi connectivity index (χ1v) is 7.57. The molecular formula is C15H18N4O4. The Kier molecular flexibility index (Phi) is 3.54. The fourth-order valence-electron chi connectivity index (χ4n) is 3.86. The average molecular weight is 318 g/mol. The Labute approximate surface area is 132 Å². The van der Waals surface area contributed by atoms with Crippen molar-refractivity contribution in [3.8, 4) is 0 Å². The number of anilines is 1. The molecule has 2 fully saturated rings. The van der Waals surface area contributed by atoms with E-state index in [0.717, 1.165) is 24.6 Å².